The normalized spacial score (nSPS) is 20.9. The summed E-state index contributed by atoms with van der Waals surface area (Å²) in [5.41, 5.74) is -1.37. The van der Waals surface area contributed by atoms with Crippen LogP contribution in [-0.4, -0.2) is 65.0 Å². The Bertz CT molecular complexity index is 1600. The molecule has 0 N–H and O–H groups in total. The number of hydrogen-bond donors (Lipinski definition) is 0. The SMILES string of the molecule is C=CC(=O)N1[C@H](C)CN(c2nc(=O)n3c4c(c(-c5ccc(F)c(Cl)c5)c(C(F)(F)F)cc24)SC[C@@H]3COC)C[C@@H]1C. The van der Waals surface area contributed by atoms with Crippen molar-refractivity contribution in [3.05, 3.63) is 63.8 Å². The molecule has 3 atom stereocenters. The molecule has 0 aliphatic carbocycles. The van der Waals surface area contributed by atoms with E-state index in [0.29, 0.717) is 5.52 Å². The lowest BCUT2D eigenvalue weighted by atomic mass is 9.95. The van der Waals surface area contributed by atoms with Gasteiger partial charge in [0.25, 0.3) is 0 Å². The molecule has 1 aromatic heterocycles. The quantitative estimate of drug-likeness (QED) is 0.270. The number of aromatic nitrogens is 2. The molecule has 7 nitrogen and oxygen atoms in total. The smallest absolute Gasteiger partial charge is 0.383 e. The monoisotopic (exact) mass is 610 g/mol. The molecule has 5 rings (SSSR count). The predicted octanol–water partition coefficient (Wildman–Crippen LogP) is 5.78. The van der Waals surface area contributed by atoms with Crippen molar-refractivity contribution in [2.24, 2.45) is 0 Å². The fraction of sp³-hybridized carbons (Fsp3) is 0.393. The van der Waals surface area contributed by atoms with Crippen LogP contribution in [0.1, 0.15) is 25.5 Å². The first-order chi connectivity index (χ1) is 19.4. The zero-order valence-corrected chi connectivity index (χ0v) is 24.0. The van der Waals surface area contributed by atoms with Crippen molar-refractivity contribution in [3.63, 3.8) is 0 Å². The molecule has 2 aliphatic rings. The van der Waals surface area contributed by atoms with Crippen molar-refractivity contribution in [2.45, 2.75) is 43.0 Å². The van der Waals surface area contributed by atoms with E-state index < -0.39 is 29.3 Å². The number of rotatable bonds is 5. The topological polar surface area (TPSA) is 67.7 Å². The summed E-state index contributed by atoms with van der Waals surface area (Å²) in [6, 6.07) is 3.32. The number of anilines is 1. The maximum Gasteiger partial charge on any atom is 0.417 e. The van der Waals surface area contributed by atoms with Gasteiger partial charge in [0, 0.05) is 53.9 Å². The summed E-state index contributed by atoms with van der Waals surface area (Å²) >= 11 is 7.17. The van der Waals surface area contributed by atoms with Crippen LogP contribution in [0.4, 0.5) is 23.4 Å². The summed E-state index contributed by atoms with van der Waals surface area (Å²) in [5, 5.41) is -0.163. The predicted molar refractivity (Wildman–Crippen MR) is 151 cm³/mol. The van der Waals surface area contributed by atoms with E-state index in [9.17, 15) is 27.2 Å². The Hall–Kier alpha value is -3.09. The summed E-state index contributed by atoms with van der Waals surface area (Å²) in [7, 11) is 1.48. The number of carbonyl (C=O) groups is 1. The largest absolute Gasteiger partial charge is 0.417 e. The summed E-state index contributed by atoms with van der Waals surface area (Å²) in [5.74, 6) is -0.640. The van der Waals surface area contributed by atoms with E-state index in [-0.39, 0.29) is 75.7 Å². The minimum Gasteiger partial charge on any atom is -0.383 e. The number of methoxy groups -OCH3 is 1. The van der Waals surface area contributed by atoms with Crippen LogP contribution in [0.5, 0.6) is 0 Å². The first-order valence-corrected chi connectivity index (χ1v) is 14.2. The van der Waals surface area contributed by atoms with Gasteiger partial charge >= 0.3 is 11.9 Å². The van der Waals surface area contributed by atoms with Crippen LogP contribution in [0, 0.1) is 5.82 Å². The van der Waals surface area contributed by atoms with E-state index in [1.165, 1.54) is 35.6 Å². The molecule has 3 aromatic rings. The molecule has 0 bridgehead atoms. The Morgan fingerprint density at radius 2 is 1.93 bits per heavy atom. The minimum atomic E-state index is -4.79. The highest BCUT2D eigenvalue weighted by molar-refractivity contribution is 7.99. The summed E-state index contributed by atoms with van der Waals surface area (Å²) in [6.07, 6.45) is -3.57. The Labute approximate surface area is 242 Å². The number of ether oxygens (including phenoxy) is 1. The number of nitrogens with zero attached hydrogens (tertiary/aromatic N) is 4. The number of piperazine rings is 1. The standard InChI is InChI=1S/C28H27ClF4N4O3S/c1-5-22(38)36-14(2)10-35(11-15(36)3)26-18-9-19(28(31,32)33)23(16-6-7-21(30)20(29)8-16)25-24(18)37(27(39)34-26)17(12-40-4)13-41-25/h5-9,14-15,17H,1,10-13H2,2-4H3/t14-,15+,17-/m0/s1. The highest BCUT2D eigenvalue weighted by atomic mass is 35.5. The van der Waals surface area contributed by atoms with Crippen molar-refractivity contribution in [1.29, 1.82) is 0 Å². The van der Waals surface area contributed by atoms with Crippen LogP contribution < -0.4 is 10.6 Å². The fourth-order valence-corrected chi connectivity index (χ4v) is 7.35. The van der Waals surface area contributed by atoms with Crippen LogP contribution in [-0.2, 0) is 15.7 Å². The van der Waals surface area contributed by atoms with Gasteiger partial charge in [-0.25, -0.2) is 9.18 Å². The maximum absolute atomic E-state index is 14.7. The zero-order chi connectivity index (χ0) is 29.8. The van der Waals surface area contributed by atoms with E-state index >= 15 is 0 Å². The molecule has 0 unspecified atom stereocenters. The number of benzene rings is 2. The second kappa shape index (κ2) is 11.0. The van der Waals surface area contributed by atoms with Gasteiger partial charge in [-0.05, 0) is 43.7 Å². The molecule has 1 saturated heterocycles. The average molecular weight is 611 g/mol. The lowest BCUT2D eigenvalue weighted by molar-refractivity contribution is -0.137. The third-order valence-corrected chi connectivity index (χ3v) is 8.98. The van der Waals surface area contributed by atoms with Gasteiger partial charge in [-0.15, -0.1) is 11.8 Å². The van der Waals surface area contributed by atoms with Crippen LogP contribution in [0.25, 0.3) is 22.0 Å². The molecule has 0 radical (unpaired) electrons. The third-order valence-electron chi connectivity index (χ3n) is 7.45. The van der Waals surface area contributed by atoms with Crippen molar-refractivity contribution >= 4 is 46.0 Å². The minimum absolute atomic E-state index is 0.0782. The molecular formula is C28H27ClF4N4O3S. The zero-order valence-electron chi connectivity index (χ0n) is 22.5. The Morgan fingerprint density at radius 3 is 2.51 bits per heavy atom. The Balaban J connectivity index is 1.82. The average Bonchev–Trinajstić information content (AvgIpc) is 2.91. The van der Waals surface area contributed by atoms with Crippen molar-refractivity contribution < 1.29 is 27.1 Å². The van der Waals surface area contributed by atoms with Gasteiger partial charge in [0.15, 0.2) is 0 Å². The molecule has 218 valence electrons. The first kappa shape index (κ1) is 29.4. The van der Waals surface area contributed by atoms with Crippen LogP contribution in [0.2, 0.25) is 5.02 Å². The number of halogens is 5. The Kier molecular flexibility index (Phi) is 7.86. The Morgan fingerprint density at radius 1 is 1.24 bits per heavy atom. The number of hydrogen-bond acceptors (Lipinski definition) is 6. The van der Waals surface area contributed by atoms with E-state index in [1.807, 2.05) is 13.8 Å². The summed E-state index contributed by atoms with van der Waals surface area (Å²) < 4.78 is 64.9. The molecule has 2 aromatic carbocycles. The molecule has 41 heavy (non-hydrogen) atoms. The summed E-state index contributed by atoms with van der Waals surface area (Å²) in [6.45, 7) is 7.85. The molecule has 13 heteroatoms. The van der Waals surface area contributed by atoms with Crippen LogP contribution >= 0.6 is 23.4 Å². The van der Waals surface area contributed by atoms with Crippen LogP contribution in [0.3, 0.4) is 0 Å². The van der Waals surface area contributed by atoms with Gasteiger partial charge in [-0.3, -0.25) is 9.36 Å². The van der Waals surface area contributed by atoms with E-state index in [4.69, 9.17) is 16.3 Å². The second-order valence-electron chi connectivity index (χ2n) is 10.2. The number of alkyl halides is 3. The molecule has 0 spiro atoms. The lowest BCUT2D eigenvalue weighted by Gasteiger charge is -2.45. The fourth-order valence-electron chi connectivity index (χ4n) is 5.84. The lowest BCUT2D eigenvalue weighted by Crippen LogP contribution is -2.58. The van der Waals surface area contributed by atoms with Gasteiger partial charge in [-0.2, -0.15) is 18.2 Å². The maximum atomic E-state index is 14.7. The number of thioether (sulfide) groups is 1. The van der Waals surface area contributed by atoms with Gasteiger partial charge in [0.1, 0.15) is 11.6 Å². The van der Waals surface area contributed by atoms with Gasteiger partial charge in [-0.1, -0.05) is 24.2 Å². The highest BCUT2D eigenvalue weighted by Crippen LogP contribution is 2.50. The van der Waals surface area contributed by atoms with E-state index in [2.05, 4.69) is 11.6 Å². The molecule has 3 heterocycles. The molecule has 1 amide bonds. The third kappa shape index (κ3) is 5.10. The van der Waals surface area contributed by atoms with Gasteiger partial charge in [0.2, 0.25) is 5.91 Å². The van der Waals surface area contributed by atoms with Crippen molar-refractivity contribution in [3.8, 4) is 11.1 Å². The van der Waals surface area contributed by atoms with Crippen molar-refractivity contribution in [2.75, 3.05) is 37.5 Å². The molecule has 1 fully saturated rings. The molecular weight excluding hydrogens is 584 g/mol. The van der Waals surface area contributed by atoms with Crippen LogP contribution in [0.15, 0.2) is 46.6 Å². The van der Waals surface area contributed by atoms with Gasteiger partial charge in [0.05, 0.1) is 28.8 Å². The number of carbonyl (C=O) groups excluding carboxylic acids is 1. The second-order valence-corrected chi connectivity index (χ2v) is 11.6. The molecule has 2 aliphatic heterocycles. The molecule has 0 saturated carbocycles. The first-order valence-electron chi connectivity index (χ1n) is 12.8. The number of amides is 1. The van der Waals surface area contributed by atoms with E-state index in [0.717, 1.165) is 18.2 Å². The van der Waals surface area contributed by atoms with Crippen molar-refractivity contribution in [1.82, 2.24) is 14.5 Å². The van der Waals surface area contributed by atoms with Gasteiger partial charge < -0.3 is 14.5 Å². The van der Waals surface area contributed by atoms with E-state index in [1.54, 1.807) is 9.80 Å². The summed E-state index contributed by atoms with van der Waals surface area (Å²) in [4.78, 5) is 34.0. The highest BCUT2D eigenvalue weighted by Gasteiger charge is 2.40.